The molecule has 25 heavy (non-hydrogen) atoms. The molecule has 0 atom stereocenters. The van der Waals surface area contributed by atoms with Gasteiger partial charge in [-0.2, -0.15) is 11.8 Å². The lowest BCUT2D eigenvalue weighted by molar-refractivity contribution is -0.113. The fourth-order valence-electron chi connectivity index (χ4n) is 2.22. The number of halogens is 1. The van der Waals surface area contributed by atoms with Crippen LogP contribution in [0.25, 0.3) is 0 Å². The zero-order chi connectivity index (χ0) is 18.4. The van der Waals surface area contributed by atoms with E-state index in [1.807, 2.05) is 26.0 Å². The van der Waals surface area contributed by atoms with Crippen molar-refractivity contribution in [3.05, 3.63) is 50.4 Å². The molecule has 134 valence electrons. The Morgan fingerprint density at radius 1 is 1.32 bits per heavy atom. The highest BCUT2D eigenvalue weighted by atomic mass is 35.5. The van der Waals surface area contributed by atoms with Crippen LogP contribution in [0.2, 0.25) is 5.02 Å². The van der Waals surface area contributed by atoms with Gasteiger partial charge in [-0.15, -0.1) is 0 Å². The van der Waals surface area contributed by atoms with Crippen molar-refractivity contribution >= 4 is 46.7 Å². The summed E-state index contributed by atoms with van der Waals surface area (Å²) in [6.45, 7) is 5.90. The van der Waals surface area contributed by atoms with E-state index in [2.05, 4.69) is 22.2 Å². The van der Waals surface area contributed by atoms with Crippen LogP contribution in [0.4, 0.5) is 5.69 Å². The zero-order valence-corrected chi connectivity index (χ0v) is 16.7. The van der Waals surface area contributed by atoms with Crippen molar-refractivity contribution < 1.29 is 4.79 Å². The minimum atomic E-state index is -0.206. The average molecular weight is 398 g/mol. The topological polar surface area (TPSA) is 74.8 Å². The lowest BCUT2D eigenvalue weighted by atomic mass is 10.1. The number of H-pyrrole nitrogens is 1. The van der Waals surface area contributed by atoms with Gasteiger partial charge in [0.15, 0.2) is 5.16 Å². The van der Waals surface area contributed by atoms with Gasteiger partial charge >= 0.3 is 0 Å². The van der Waals surface area contributed by atoms with Crippen LogP contribution in [0.1, 0.15) is 23.7 Å². The number of hydrogen-bond donors (Lipinski definition) is 2. The van der Waals surface area contributed by atoms with Gasteiger partial charge in [-0.05, 0) is 36.8 Å². The number of aromatic amines is 1. The molecule has 0 radical (unpaired) electrons. The number of benzene rings is 1. The molecule has 2 N–H and O–H groups in total. The normalized spacial score (nSPS) is 10.7. The second kappa shape index (κ2) is 9.31. The van der Waals surface area contributed by atoms with E-state index in [1.165, 1.54) is 17.8 Å². The van der Waals surface area contributed by atoms with Crippen LogP contribution in [-0.2, 0) is 10.5 Å². The molecule has 0 spiro atoms. The van der Waals surface area contributed by atoms with Crippen molar-refractivity contribution in [3.63, 3.8) is 0 Å². The molecule has 2 aromatic rings. The molecular weight excluding hydrogens is 378 g/mol. The fraction of sp³-hybridized carbons (Fsp3) is 0.353. The van der Waals surface area contributed by atoms with E-state index in [9.17, 15) is 9.59 Å². The summed E-state index contributed by atoms with van der Waals surface area (Å²) in [6, 6.07) is 5.26. The van der Waals surface area contributed by atoms with Gasteiger partial charge < -0.3 is 10.3 Å². The summed E-state index contributed by atoms with van der Waals surface area (Å²) in [5.74, 6) is 1.57. The first kappa shape index (κ1) is 19.9. The van der Waals surface area contributed by atoms with Crippen LogP contribution >= 0.6 is 35.1 Å². The minimum absolute atomic E-state index is 0.136. The monoisotopic (exact) mass is 397 g/mol. The number of aromatic nitrogens is 2. The van der Waals surface area contributed by atoms with E-state index in [-0.39, 0.29) is 17.2 Å². The minimum Gasteiger partial charge on any atom is -0.324 e. The van der Waals surface area contributed by atoms with E-state index < -0.39 is 0 Å². The van der Waals surface area contributed by atoms with E-state index >= 15 is 0 Å². The third-order valence-corrected chi connectivity index (χ3v) is 5.34. The Hall–Kier alpha value is -1.44. The number of nitrogens with zero attached hydrogens (tertiary/aromatic N) is 1. The Morgan fingerprint density at radius 3 is 2.76 bits per heavy atom. The second-order valence-corrected chi connectivity index (χ2v) is 8.10. The first-order valence-electron chi connectivity index (χ1n) is 7.76. The van der Waals surface area contributed by atoms with E-state index in [0.29, 0.717) is 21.6 Å². The smallest absolute Gasteiger partial charge is 0.251 e. The Kier molecular flexibility index (Phi) is 7.40. The summed E-state index contributed by atoms with van der Waals surface area (Å²) in [4.78, 5) is 30.9. The molecule has 0 saturated heterocycles. The maximum absolute atomic E-state index is 12.2. The predicted molar refractivity (Wildman–Crippen MR) is 107 cm³/mol. The van der Waals surface area contributed by atoms with Crippen LogP contribution in [-0.4, -0.2) is 27.4 Å². The van der Waals surface area contributed by atoms with Crippen molar-refractivity contribution in [1.82, 2.24) is 9.97 Å². The second-order valence-electron chi connectivity index (χ2n) is 5.45. The SMILES string of the molecule is CCSCc1cc(=O)[nH]c(SCC(=O)Nc2c(C)cc(C)cc2Cl)n1. The molecule has 0 aliphatic heterocycles. The van der Waals surface area contributed by atoms with Crippen LogP contribution in [0, 0.1) is 13.8 Å². The Morgan fingerprint density at radius 2 is 2.08 bits per heavy atom. The lowest BCUT2D eigenvalue weighted by Gasteiger charge is -2.11. The number of nitrogens with one attached hydrogen (secondary N) is 2. The number of rotatable bonds is 7. The summed E-state index contributed by atoms with van der Waals surface area (Å²) in [6.07, 6.45) is 0. The predicted octanol–water partition coefficient (Wildman–Crippen LogP) is 4.02. The molecule has 0 aliphatic carbocycles. The maximum Gasteiger partial charge on any atom is 0.251 e. The zero-order valence-electron chi connectivity index (χ0n) is 14.3. The van der Waals surface area contributed by atoms with Gasteiger partial charge in [0.2, 0.25) is 5.91 Å². The maximum atomic E-state index is 12.2. The van der Waals surface area contributed by atoms with Crippen molar-refractivity contribution in [2.75, 3.05) is 16.8 Å². The molecule has 0 aliphatic rings. The Bertz CT molecular complexity index is 801. The number of aryl methyl sites for hydroxylation is 2. The molecule has 1 amide bonds. The van der Waals surface area contributed by atoms with Gasteiger partial charge in [-0.1, -0.05) is 36.4 Å². The molecule has 8 heteroatoms. The van der Waals surface area contributed by atoms with Crippen molar-refractivity contribution in [2.45, 2.75) is 31.7 Å². The van der Waals surface area contributed by atoms with Crippen LogP contribution in [0.15, 0.2) is 28.2 Å². The summed E-state index contributed by atoms with van der Waals surface area (Å²) in [5.41, 5.74) is 3.08. The number of amides is 1. The number of thioether (sulfide) groups is 2. The lowest BCUT2D eigenvalue weighted by Crippen LogP contribution is -2.16. The average Bonchev–Trinajstić information content (AvgIpc) is 2.54. The standard InChI is InChI=1S/C17H20ClN3O2S2/c1-4-24-8-12-7-14(22)21-17(19-12)25-9-15(23)20-16-11(3)5-10(2)6-13(16)18/h5-7H,4,8-9H2,1-3H3,(H,20,23)(H,19,21,22). The van der Waals surface area contributed by atoms with Gasteiger partial charge in [-0.25, -0.2) is 4.98 Å². The molecule has 2 rings (SSSR count). The van der Waals surface area contributed by atoms with E-state index in [0.717, 1.165) is 22.6 Å². The van der Waals surface area contributed by atoms with E-state index in [4.69, 9.17) is 11.6 Å². The Labute approximate surface area is 160 Å². The van der Waals surface area contributed by atoms with Crippen LogP contribution < -0.4 is 10.9 Å². The van der Waals surface area contributed by atoms with Crippen molar-refractivity contribution in [1.29, 1.82) is 0 Å². The number of anilines is 1. The Balaban J connectivity index is 2.01. The first-order chi connectivity index (χ1) is 11.9. The molecule has 0 saturated carbocycles. The summed E-state index contributed by atoms with van der Waals surface area (Å²) in [7, 11) is 0. The fourth-order valence-corrected chi connectivity index (χ4v) is 3.84. The number of carbonyl (C=O) groups excluding carboxylic acids is 1. The highest BCUT2D eigenvalue weighted by Crippen LogP contribution is 2.27. The highest BCUT2D eigenvalue weighted by molar-refractivity contribution is 7.99. The molecule has 0 fully saturated rings. The van der Waals surface area contributed by atoms with Crippen LogP contribution in [0.5, 0.6) is 0 Å². The third-order valence-electron chi connectivity index (χ3n) is 3.26. The number of hydrogen-bond acceptors (Lipinski definition) is 5. The molecule has 0 unspecified atom stereocenters. The molecule has 1 aromatic heterocycles. The van der Waals surface area contributed by atoms with Gasteiger partial charge in [0.25, 0.3) is 5.56 Å². The third kappa shape index (κ3) is 6.09. The molecule has 0 bridgehead atoms. The van der Waals surface area contributed by atoms with Crippen LogP contribution in [0.3, 0.4) is 0 Å². The summed E-state index contributed by atoms with van der Waals surface area (Å²) in [5, 5.41) is 3.78. The molecule has 1 heterocycles. The van der Waals surface area contributed by atoms with Gasteiger partial charge in [0.05, 0.1) is 22.2 Å². The quantitative estimate of drug-likeness (QED) is 0.545. The number of carbonyl (C=O) groups is 1. The van der Waals surface area contributed by atoms with Gasteiger partial charge in [-0.3, -0.25) is 9.59 Å². The largest absolute Gasteiger partial charge is 0.324 e. The molecule has 5 nitrogen and oxygen atoms in total. The molecule has 1 aromatic carbocycles. The van der Waals surface area contributed by atoms with Gasteiger partial charge in [0.1, 0.15) is 0 Å². The van der Waals surface area contributed by atoms with Crippen molar-refractivity contribution in [2.24, 2.45) is 0 Å². The summed E-state index contributed by atoms with van der Waals surface area (Å²) < 4.78 is 0. The van der Waals surface area contributed by atoms with Gasteiger partial charge in [0, 0.05) is 11.8 Å². The highest BCUT2D eigenvalue weighted by Gasteiger charge is 2.11. The summed E-state index contributed by atoms with van der Waals surface area (Å²) >= 11 is 9.09. The first-order valence-corrected chi connectivity index (χ1v) is 10.3. The molecular formula is C17H20ClN3O2S2. The van der Waals surface area contributed by atoms with Crippen molar-refractivity contribution in [3.8, 4) is 0 Å². The van der Waals surface area contributed by atoms with E-state index in [1.54, 1.807) is 11.8 Å².